The molecule has 1 atom stereocenters. The molecule has 2 rings (SSSR count). The van der Waals surface area contributed by atoms with E-state index < -0.39 is 0 Å². The zero-order valence-corrected chi connectivity index (χ0v) is 13.0. The van der Waals surface area contributed by atoms with E-state index >= 15 is 0 Å². The normalized spacial score (nSPS) is 12.2. The van der Waals surface area contributed by atoms with Crippen molar-refractivity contribution in [3.05, 3.63) is 64.7 Å². The van der Waals surface area contributed by atoms with Crippen LogP contribution in [0.5, 0.6) is 5.75 Å². The third-order valence-corrected chi connectivity index (χ3v) is 3.87. The van der Waals surface area contributed by atoms with E-state index in [9.17, 15) is 0 Å². The minimum atomic E-state index is 0.182. The molecule has 2 aromatic rings. The van der Waals surface area contributed by atoms with E-state index in [-0.39, 0.29) is 6.04 Å². The van der Waals surface area contributed by atoms with Gasteiger partial charge < -0.3 is 4.74 Å². The van der Waals surface area contributed by atoms with Crippen molar-refractivity contribution in [2.45, 2.75) is 32.7 Å². The summed E-state index contributed by atoms with van der Waals surface area (Å²) in [7, 11) is 1.70. The Morgan fingerprint density at radius 3 is 2.48 bits per heavy atom. The van der Waals surface area contributed by atoms with Gasteiger partial charge in [0.15, 0.2) is 0 Å². The highest BCUT2D eigenvalue weighted by molar-refractivity contribution is 5.35. The van der Waals surface area contributed by atoms with Gasteiger partial charge in [0.2, 0.25) is 0 Å². The van der Waals surface area contributed by atoms with Gasteiger partial charge in [-0.2, -0.15) is 0 Å². The summed E-state index contributed by atoms with van der Waals surface area (Å²) in [5.74, 6) is 6.67. The monoisotopic (exact) mass is 284 g/mol. The molecule has 3 N–H and O–H groups in total. The fraction of sp³-hybridized carbons (Fsp3) is 0.333. The molecule has 0 aliphatic rings. The first-order valence-corrected chi connectivity index (χ1v) is 7.28. The van der Waals surface area contributed by atoms with Crippen LogP contribution in [0.2, 0.25) is 0 Å². The summed E-state index contributed by atoms with van der Waals surface area (Å²) in [6, 6.07) is 14.8. The first-order valence-electron chi connectivity index (χ1n) is 7.28. The Labute approximate surface area is 127 Å². The lowest BCUT2D eigenvalue weighted by Crippen LogP contribution is -2.38. The van der Waals surface area contributed by atoms with Crippen LogP contribution in [0, 0.1) is 13.8 Å². The minimum Gasteiger partial charge on any atom is -0.496 e. The zero-order chi connectivity index (χ0) is 15.2. The van der Waals surface area contributed by atoms with Crippen molar-refractivity contribution in [2.75, 3.05) is 7.11 Å². The first-order chi connectivity index (χ1) is 10.1. The Morgan fingerprint density at radius 1 is 1.05 bits per heavy atom. The highest BCUT2D eigenvalue weighted by Gasteiger charge is 2.13. The number of hydrogen-bond acceptors (Lipinski definition) is 3. The van der Waals surface area contributed by atoms with Crippen LogP contribution >= 0.6 is 0 Å². The second-order valence-corrected chi connectivity index (χ2v) is 5.51. The molecule has 112 valence electrons. The van der Waals surface area contributed by atoms with E-state index in [1.165, 1.54) is 22.3 Å². The maximum Gasteiger partial charge on any atom is 0.122 e. The summed E-state index contributed by atoms with van der Waals surface area (Å²) < 4.78 is 5.42. The van der Waals surface area contributed by atoms with Crippen LogP contribution in [0.4, 0.5) is 0 Å². The van der Waals surface area contributed by atoms with Crippen molar-refractivity contribution in [1.29, 1.82) is 0 Å². The summed E-state index contributed by atoms with van der Waals surface area (Å²) in [6.07, 6.45) is 1.75. The second kappa shape index (κ2) is 7.25. The van der Waals surface area contributed by atoms with Crippen LogP contribution < -0.4 is 16.0 Å². The number of rotatable bonds is 6. The van der Waals surface area contributed by atoms with Crippen molar-refractivity contribution in [2.24, 2.45) is 5.84 Å². The molecule has 0 amide bonds. The molecule has 0 aliphatic carbocycles. The van der Waals surface area contributed by atoms with Crippen molar-refractivity contribution in [1.82, 2.24) is 5.43 Å². The molecule has 21 heavy (non-hydrogen) atoms. The molecule has 2 aromatic carbocycles. The number of ether oxygens (including phenoxy) is 1. The molecule has 1 unspecified atom stereocenters. The Balaban J connectivity index is 2.15. The van der Waals surface area contributed by atoms with Crippen molar-refractivity contribution < 1.29 is 4.74 Å². The number of para-hydroxylation sites is 1. The maximum absolute atomic E-state index is 5.76. The second-order valence-electron chi connectivity index (χ2n) is 5.51. The largest absolute Gasteiger partial charge is 0.496 e. The SMILES string of the molecule is COc1ccccc1CC(Cc1cc(C)ccc1C)NN. The van der Waals surface area contributed by atoms with Gasteiger partial charge in [0.25, 0.3) is 0 Å². The summed E-state index contributed by atoms with van der Waals surface area (Å²) in [4.78, 5) is 0. The van der Waals surface area contributed by atoms with Crippen LogP contribution in [0.25, 0.3) is 0 Å². The Bertz CT molecular complexity index is 596. The smallest absolute Gasteiger partial charge is 0.122 e. The molecule has 0 bridgehead atoms. The zero-order valence-electron chi connectivity index (χ0n) is 13.0. The van der Waals surface area contributed by atoms with Gasteiger partial charge in [-0.05, 0) is 49.4 Å². The molecular weight excluding hydrogens is 260 g/mol. The third kappa shape index (κ3) is 4.06. The van der Waals surface area contributed by atoms with Gasteiger partial charge >= 0.3 is 0 Å². The molecular formula is C18H24N2O. The molecule has 0 saturated carbocycles. The molecule has 3 nitrogen and oxygen atoms in total. The third-order valence-electron chi connectivity index (χ3n) is 3.87. The first kappa shape index (κ1) is 15.5. The Hall–Kier alpha value is -1.84. The van der Waals surface area contributed by atoms with Gasteiger partial charge in [-0.3, -0.25) is 11.3 Å². The van der Waals surface area contributed by atoms with Crippen LogP contribution in [0.15, 0.2) is 42.5 Å². The summed E-state index contributed by atoms with van der Waals surface area (Å²) in [5.41, 5.74) is 8.04. The fourth-order valence-electron chi connectivity index (χ4n) is 2.61. The molecule has 0 fully saturated rings. The number of benzene rings is 2. The van der Waals surface area contributed by atoms with Crippen molar-refractivity contribution in [3.8, 4) is 5.75 Å². The van der Waals surface area contributed by atoms with Crippen molar-refractivity contribution in [3.63, 3.8) is 0 Å². The molecule has 0 aliphatic heterocycles. The van der Waals surface area contributed by atoms with Gasteiger partial charge in [-0.25, -0.2) is 0 Å². The van der Waals surface area contributed by atoms with Crippen LogP contribution in [-0.2, 0) is 12.8 Å². The van der Waals surface area contributed by atoms with E-state index in [0.717, 1.165) is 18.6 Å². The van der Waals surface area contributed by atoms with Crippen LogP contribution in [-0.4, -0.2) is 13.2 Å². The minimum absolute atomic E-state index is 0.182. The van der Waals surface area contributed by atoms with Gasteiger partial charge in [-0.15, -0.1) is 0 Å². The van der Waals surface area contributed by atoms with Crippen molar-refractivity contribution >= 4 is 0 Å². The number of nitrogens with one attached hydrogen (secondary N) is 1. The molecule has 0 spiro atoms. The molecule has 0 aromatic heterocycles. The summed E-state index contributed by atoms with van der Waals surface area (Å²) >= 11 is 0. The number of methoxy groups -OCH3 is 1. The average molecular weight is 284 g/mol. The number of nitrogens with two attached hydrogens (primary N) is 1. The van der Waals surface area contributed by atoms with Gasteiger partial charge in [0.05, 0.1) is 7.11 Å². The van der Waals surface area contributed by atoms with E-state index in [1.54, 1.807) is 7.11 Å². The van der Waals surface area contributed by atoms with E-state index in [1.807, 2.05) is 18.2 Å². The summed E-state index contributed by atoms with van der Waals surface area (Å²) in [6.45, 7) is 4.26. The number of hydrazine groups is 1. The van der Waals surface area contributed by atoms with Crippen LogP contribution in [0.3, 0.4) is 0 Å². The summed E-state index contributed by atoms with van der Waals surface area (Å²) in [5, 5.41) is 0. The van der Waals surface area contributed by atoms with E-state index in [4.69, 9.17) is 10.6 Å². The predicted molar refractivity (Wildman–Crippen MR) is 87.4 cm³/mol. The molecule has 0 radical (unpaired) electrons. The van der Waals surface area contributed by atoms with Gasteiger partial charge in [0, 0.05) is 6.04 Å². The number of aryl methyl sites for hydroxylation is 2. The highest BCUT2D eigenvalue weighted by Crippen LogP contribution is 2.21. The van der Waals surface area contributed by atoms with Crippen LogP contribution in [0.1, 0.15) is 22.3 Å². The topological polar surface area (TPSA) is 47.3 Å². The standard InChI is InChI=1S/C18H24N2O/c1-13-8-9-14(2)16(10-13)12-17(20-19)11-15-6-4-5-7-18(15)21-3/h4-10,17,20H,11-12,19H2,1-3H3. The average Bonchev–Trinajstić information content (AvgIpc) is 2.50. The predicted octanol–water partition coefficient (Wildman–Crippen LogP) is 2.93. The van der Waals surface area contributed by atoms with E-state index in [2.05, 4.69) is 43.5 Å². The van der Waals surface area contributed by atoms with E-state index in [0.29, 0.717) is 0 Å². The number of hydrogen-bond donors (Lipinski definition) is 2. The maximum atomic E-state index is 5.76. The lowest BCUT2D eigenvalue weighted by atomic mass is 9.95. The lowest BCUT2D eigenvalue weighted by molar-refractivity contribution is 0.404. The molecule has 0 saturated heterocycles. The highest BCUT2D eigenvalue weighted by atomic mass is 16.5. The van der Waals surface area contributed by atoms with Gasteiger partial charge in [-0.1, -0.05) is 42.0 Å². The Kier molecular flexibility index (Phi) is 5.37. The fourth-order valence-corrected chi connectivity index (χ4v) is 2.61. The quantitative estimate of drug-likeness (QED) is 0.633. The Morgan fingerprint density at radius 2 is 1.76 bits per heavy atom. The lowest BCUT2D eigenvalue weighted by Gasteiger charge is -2.19. The van der Waals surface area contributed by atoms with Gasteiger partial charge in [0.1, 0.15) is 5.75 Å². The molecule has 3 heteroatoms. The molecule has 0 heterocycles.